The second-order valence-electron chi connectivity index (χ2n) is 4.99. The van der Waals surface area contributed by atoms with Gasteiger partial charge in [-0.15, -0.1) is 0 Å². The number of hydrogen-bond acceptors (Lipinski definition) is 0. The van der Waals surface area contributed by atoms with E-state index in [1.54, 1.807) is 0 Å². The highest BCUT2D eigenvalue weighted by atomic mass is 127. The molecule has 0 atom stereocenters. The van der Waals surface area contributed by atoms with Crippen LogP contribution in [-0.4, -0.2) is 29.9 Å². The maximum absolute atomic E-state index is 14.0. The summed E-state index contributed by atoms with van der Waals surface area (Å²) in [5, 5.41) is 0. The van der Waals surface area contributed by atoms with Crippen LogP contribution in [0.15, 0.2) is 18.2 Å². The summed E-state index contributed by atoms with van der Waals surface area (Å²) in [6.45, 7) is 0. The van der Waals surface area contributed by atoms with Crippen LogP contribution in [0.4, 0.5) is 57.1 Å². The Bertz CT molecular complexity index is 708. The quantitative estimate of drug-likeness (QED) is 0.237. The molecule has 0 aliphatic carbocycles. The molecule has 27 heavy (non-hydrogen) atoms. The first-order valence-corrected chi connectivity index (χ1v) is 8.23. The summed E-state index contributed by atoms with van der Waals surface area (Å²) in [6, 6.07) is 1.90. The van der Waals surface area contributed by atoms with Gasteiger partial charge in [-0.1, -0.05) is 0 Å². The summed E-state index contributed by atoms with van der Waals surface area (Å²) >= 11 is 2.21. The first-order valence-electron chi connectivity index (χ1n) is 6.07. The molecule has 1 aromatic rings. The van der Waals surface area contributed by atoms with Crippen molar-refractivity contribution in [3.8, 4) is 0 Å². The van der Waals surface area contributed by atoms with E-state index in [-0.39, 0.29) is 9.64 Å². The lowest BCUT2D eigenvalue weighted by molar-refractivity contribution is -0.441. The second-order valence-corrected chi connectivity index (χ2v) is 7.40. The molecule has 1 aromatic carbocycles. The number of halogens is 15. The van der Waals surface area contributed by atoms with Crippen LogP contribution in [0.5, 0.6) is 0 Å². The lowest BCUT2D eigenvalue weighted by atomic mass is 9.90. The van der Waals surface area contributed by atoms with Crippen molar-refractivity contribution in [2.75, 3.05) is 0 Å². The van der Waals surface area contributed by atoms with E-state index in [4.69, 9.17) is 0 Å². The third-order valence-electron chi connectivity index (χ3n) is 3.20. The molecule has 0 fully saturated rings. The van der Waals surface area contributed by atoms with Crippen molar-refractivity contribution in [2.24, 2.45) is 0 Å². The van der Waals surface area contributed by atoms with Crippen molar-refractivity contribution in [1.29, 1.82) is 0 Å². The van der Waals surface area contributed by atoms with Gasteiger partial charge < -0.3 is 0 Å². The summed E-state index contributed by atoms with van der Waals surface area (Å²) < 4.78 is 169. The zero-order valence-corrected chi connectivity index (χ0v) is 16.2. The molecule has 0 saturated heterocycles. The third-order valence-corrected chi connectivity index (χ3v) is 4.81. The van der Waals surface area contributed by atoms with Gasteiger partial charge in [-0.05, 0) is 63.4 Å². The van der Waals surface area contributed by atoms with E-state index in [0.717, 1.165) is 28.7 Å². The number of rotatable bonds is 5. The monoisotopic (exact) mass is 648 g/mol. The fourth-order valence-corrected chi connectivity index (χ4v) is 2.84. The first kappa shape index (κ1) is 24.8. The Hall–Kier alpha value is -0.230. The van der Waals surface area contributed by atoms with Crippen LogP contribution in [0.2, 0.25) is 0 Å². The Morgan fingerprint density at radius 2 is 0.963 bits per heavy atom. The fraction of sp³-hybridized carbons (Fsp3) is 0.500. The predicted octanol–water partition coefficient (Wildman–Crippen LogP) is 7.09. The minimum absolute atomic E-state index is 0.173. The lowest BCUT2D eigenvalue weighted by Crippen LogP contribution is -2.69. The number of hydrogen-bond donors (Lipinski definition) is 0. The highest BCUT2D eigenvalue weighted by Gasteiger charge is 2.90. The van der Waals surface area contributed by atoms with Gasteiger partial charge in [-0.2, -0.15) is 57.1 Å². The van der Waals surface area contributed by atoms with Gasteiger partial charge in [0.05, 0.1) is 0 Å². The van der Waals surface area contributed by atoms with E-state index in [1.807, 2.05) is 0 Å². The molecule has 156 valence electrons. The molecule has 0 nitrogen and oxygen atoms in total. The summed E-state index contributed by atoms with van der Waals surface area (Å²) in [4.78, 5) is 0. The molecule has 0 aliphatic rings. The van der Waals surface area contributed by atoms with Crippen molar-refractivity contribution in [1.82, 2.24) is 0 Å². The topological polar surface area (TPSA) is 0 Å². The molecule has 0 unspecified atom stereocenters. The third kappa shape index (κ3) is 3.58. The van der Waals surface area contributed by atoms with Gasteiger partial charge >= 0.3 is 35.8 Å². The molecule has 0 spiro atoms. The minimum Gasteiger partial charge on any atom is -0.194 e. The average molecular weight is 648 g/mol. The number of alkyl halides is 13. The van der Waals surface area contributed by atoms with Crippen molar-refractivity contribution < 1.29 is 57.1 Å². The van der Waals surface area contributed by atoms with E-state index in [2.05, 4.69) is 0 Å². The molecule has 0 aliphatic heterocycles. The van der Waals surface area contributed by atoms with Crippen LogP contribution in [0.25, 0.3) is 0 Å². The Labute approximate surface area is 168 Å². The van der Waals surface area contributed by atoms with E-state index in [9.17, 15) is 57.1 Å². The van der Waals surface area contributed by atoms with Crippen molar-refractivity contribution in [3.05, 3.63) is 30.9 Å². The molecular weight excluding hydrogens is 645 g/mol. The van der Waals surface area contributed by atoms with Crippen LogP contribution >= 0.6 is 45.2 Å². The van der Waals surface area contributed by atoms with E-state index in [1.165, 1.54) is 22.6 Å². The van der Waals surface area contributed by atoms with E-state index >= 15 is 0 Å². The molecule has 0 radical (unpaired) electrons. The van der Waals surface area contributed by atoms with Crippen molar-refractivity contribution in [3.63, 3.8) is 0 Å². The van der Waals surface area contributed by atoms with Gasteiger partial charge in [0, 0.05) is 12.7 Å². The van der Waals surface area contributed by atoms with Crippen LogP contribution in [-0.2, 0) is 5.92 Å². The van der Waals surface area contributed by atoms with Crippen LogP contribution in [0, 0.1) is 7.14 Å². The van der Waals surface area contributed by atoms with Gasteiger partial charge in [0.15, 0.2) is 0 Å². The van der Waals surface area contributed by atoms with Crippen LogP contribution in [0.3, 0.4) is 0 Å². The molecular formula is C12H3F13I2. The van der Waals surface area contributed by atoms with Crippen LogP contribution < -0.4 is 0 Å². The molecule has 15 heteroatoms. The van der Waals surface area contributed by atoms with E-state index < -0.39 is 44.9 Å². The Balaban J connectivity index is 3.66. The van der Waals surface area contributed by atoms with Crippen molar-refractivity contribution in [2.45, 2.75) is 35.8 Å². The standard InChI is InChI=1S/C12H3F13I2/c13-7(14,5-3-4(26)1-2-6(5)27)8(15,16)9(17,18)10(19,20)11(21,22)12(23,24)25/h1-3H. The maximum atomic E-state index is 14.0. The maximum Gasteiger partial charge on any atom is 0.460 e. The van der Waals surface area contributed by atoms with Gasteiger partial charge in [0.2, 0.25) is 0 Å². The molecule has 0 aromatic heterocycles. The SMILES string of the molecule is FC(F)(F)C(F)(F)C(F)(F)C(F)(F)C(F)(F)C(F)(F)c1cc(I)ccc1I. The lowest BCUT2D eigenvalue weighted by Gasteiger charge is -2.40. The van der Waals surface area contributed by atoms with Gasteiger partial charge in [-0.25, -0.2) is 0 Å². The van der Waals surface area contributed by atoms with Gasteiger partial charge in [0.1, 0.15) is 0 Å². The first-order chi connectivity index (χ1) is 11.7. The number of benzene rings is 1. The summed E-state index contributed by atoms with van der Waals surface area (Å²) in [7, 11) is 0. The average Bonchev–Trinajstić information content (AvgIpc) is 2.47. The van der Waals surface area contributed by atoms with Gasteiger partial charge in [-0.3, -0.25) is 0 Å². The Morgan fingerprint density at radius 1 is 0.556 bits per heavy atom. The molecule has 0 amide bonds. The summed E-state index contributed by atoms with van der Waals surface area (Å²) in [5.74, 6) is -36.9. The zero-order valence-electron chi connectivity index (χ0n) is 11.9. The normalized spacial score (nSPS) is 15.2. The highest BCUT2D eigenvalue weighted by molar-refractivity contribution is 14.1. The molecule has 0 saturated carbocycles. The second kappa shape index (κ2) is 6.93. The minimum atomic E-state index is -7.89. The summed E-state index contributed by atoms with van der Waals surface area (Å²) in [5.41, 5.74) is -1.95. The zero-order chi connectivity index (χ0) is 21.9. The largest absolute Gasteiger partial charge is 0.460 e. The fourth-order valence-electron chi connectivity index (χ4n) is 1.68. The van der Waals surface area contributed by atoms with E-state index in [0.29, 0.717) is 6.07 Å². The van der Waals surface area contributed by atoms with Gasteiger partial charge in [0.25, 0.3) is 0 Å². The molecule has 1 rings (SSSR count). The van der Waals surface area contributed by atoms with Crippen molar-refractivity contribution >= 4 is 45.2 Å². The molecule has 0 bridgehead atoms. The molecule has 0 N–H and O–H groups in total. The van der Waals surface area contributed by atoms with Crippen LogP contribution in [0.1, 0.15) is 5.56 Å². The Kier molecular flexibility index (Phi) is 6.37. The molecule has 0 heterocycles. The Morgan fingerprint density at radius 3 is 1.37 bits per heavy atom. The predicted molar refractivity (Wildman–Crippen MR) is 81.6 cm³/mol. The smallest absolute Gasteiger partial charge is 0.194 e. The summed E-state index contributed by atoms with van der Waals surface area (Å²) in [6.07, 6.45) is -7.41. The highest BCUT2D eigenvalue weighted by Crippen LogP contribution is 2.62.